The van der Waals surface area contributed by atoms with E-state index in [2.05, 4.69) is 64.3 Å². The first-order chi connectivity index (χ1) is 16.3. The Kier molecular flexibility index (Phi) is 7.12. The van der Waals surface area contributed by atoms with Gasteiger partial charge in [0.15, 0.2) is 0 Å². The molecule has 1 aliphatic heterocycles. The highest BCUT2D eigenvalue weighted by atomic mass is 16.2. The van der Waals surface area contributed by atoms with Crippen molar-refractivity contribution in [3.63, 3.8) is 0 Å². The Morgan fingerprint density at radius 2 is 2.00 bits per heavy atom. The third kappa shape index (κ3) is 5.54. The summed E-state index contributed by atoms with van der Waals surface area (Å²) in [4.78, 5) is 29.5. The van der Waals surface area contributed by atoms with Crippen LogP contribution in [0.3, 0.4) is 0 Å². The molecule has 3 aromatic rings. The average molecular weight is 460 g/mol. The Labute approximate surface area is 200 Å². The SMILES string of the molecule is Cc1nc(N)ccc1CNC(=O)C(C)NC(=O)[C@H]1C[C@H](Cc2ccc3c(C)cccc3c2)CN1. The van der Waals surface area contributed by atoms with Crippen LogP contribution >= 0.6 is 0 Å². The topological polar surface area (TPSA) is 109 Å². The lowest BCUT2D eigenvalue weighted by molar-refractivity contribution is -0.129. The molecule has 7 nitrogen and oxygen atoms in total. The van der Waals surface area contributed by atoms with Crippen LogP contribution in [0.1, 0.15) is 35.7 Å². The van der Waals surface area contributed by atoms with Gasteiger partial charge in [0.25, 0.3) is 0 Å². The summed E-state index contributed by atoms with van der Waals surface area (Å²) in [5, 5.41) is 11.6. The van der Waals surface area contributed by atoms with Gasteiger partial charge >= 0.3 is 0 Å². The number of anilines is 1. The summed E-state index contributed by atoms with van der Waals surface area (Å²) in [5.74, 6) is 0.463. The largest absolute Gasteiger partial charge is 0.384 e. The summed E-state index contributed by atoms with van der Waals surface area (Å²) in [6.07, 6.45) is 1.67. The molecule has 1 unspecified atom stereocenters. The molecule has 1 aliphatic rings. The molecule has 0 saturated carbocycles. The Morgan fingerprint density at radius 1 is 1.18 bits per heavy atom. The van der Waals surface area contributed by atoms with E-state index in [0.717, 1.165) is 30.6 Å². The number of nitrogens with one attached hydrogen (secondary N) is 3. The van der Waals surface area contributed by atoms with Crippen molar-refractivity contribution in [3.8, 4) is 0 Å². The van der Waals surface area contributed by atoms with Crippen molar-refractivity contribution in [2.75, 3.05) is 12.3 Å². The van der Waals surface area contributed by atoms with E-state index < -0.39 is 6.04 Å². The van der Waals surface area contributed by atoms with E-state index in [-0.39, 0.29) is 17.9 Å². The number of nitrogens with two attached hydrogens (primary N) is 1. The molecule has 1 fully saturated rings. The number of hydrogen-bond donors (Lipinski definition) is 4. The van der Waals surface area contributed by atoms with Crippen LogP contribution < -0.4 is 21.7 Å². The number of carbonyl (C=O) groups excluding carboxylic acids is 2. The van der Waals surface area contributed by atoms with E-state index in [1.54, 1.807) is 13.0 Å². The van der Waals surface area contributed by atoms with Crippen molar-refractivity contribution in [2.45, 2.75) is 52.2 Å². The van der Waals surface area contributed by atoms with Crippen molar-refractivity contribution >= 4 is 28.4 Å². The third-order valence-corrected chi connectivity index (χ3v) is 6.65. The zero-order chi connectivity index (χ0) is 24.2. The lowest BCUT2D eigenvalue weighted by Gasteiger charge is -2.17. The zero-order valence-electron chi connectivity index (χ0n) is 20.0. The van der Waals surface area contributed by atoms with Crippen LogP contribution in [-0.4, -0.2) is 35.4 Å². The second-order valence-corrected chi connectivity index (χ2v) is 9.33. The molecule has 2 heterocycles. The third-order valence-electron chi connectivity index (χ3n) is 6.65. The minimum absolute atomic E-state index is 0.135. The molecule has 7 heteroatoms. The summed E-state index contributed by atoms with van der Waals surface area (Å²) in [6, 6.07) is 15.6. The van der Waals surface area contributed by atoms with Gasteiger partial charge in [0, 0.05) is 12.2 Å². The lowest BCUT2D eigenvalue weighted by atomic mass is 9.94. The number of rotatable bonds is 7. The summed E-state index contributed by atoms with van der Waals surface area (Å²) in [5.41, 5.74) is 9.91. The van der Waals surface area contributed by atoms with E-state index in [4.69, 9.17) is 5.73 Å². The number of aryl methyl sites for hydroxylation is 2. The van der Waals surface area contributed by atoms with Crippen LogP contribution in [-0.2, 0) is 22.6 Å². The smallest absolute Gasteiger partial charge is 0.242 e. The molecule has 0 radical (unpaired) electrons. The normalized spacial score (nSPS) is 18.6. The number of amides is 2. The summed E-state index contributed by atoms with van der Waals surface area (Å²) < 4.78 is 0. The van der Waals surface area contributed by atoms with Crippen molar-refractivity contribution < 1.29 is 9.59 Å². The van der Waals surface area contributed by atoms with Crippen LogP contribution in [0.2, 0.25) is 0 Å². The van der Waals surface area contributed by atoms with Gasteiger partial charge in [0.1, 0.15) is 11.9 Å². The summed E-state index contributed by atoms with van der Waals surface area (Å²) in [6.45, 7) is 6.81. The Hall–Kier alpha value is -3.45. The van der Waals surface area contributed by atoms with Gasteiger partial charge in [-0.2, -0.15) is 0 Å². The van der Waals surface area contributed by atoms with E-state index in [9.17, 15) is 9.59 Å². The highest BCUT2D eigenvalue weighted by Crippen LogP contribution is 2.24. The Balaban J connectivity index is 1.26. The van der Waals surface area contributed by atoms with Crippen LogP contribution in [0.4, 0.5) is 5.82 Å². The molecule has 2 amide bonds. The Bertz CT molecular complexity index is 1210. The van der Waals surface area contributed by atoms with Crippen molar-refractivity contribution in [3.05, 3.63) is 70.9 Å². The number of pyridine rings is 1. The first-order valence-corrected chi connectivity index (χ1v) is 11.8. The average Bonchev–Trinajstić information content (AvgIpc) is 3.27. The maximum atomic E-state index is 12.8. The number of aromatic nitrogens is 1. The van der Waals surface area contributed by atoms with Gasteiger partial charge in [-0.25, -0.2) is 4.98 Å². The number of benzene rings is 2. The van der Waals surface area contributed by atoms with E-state index in [1.807, 2.05) is 13.0 Å². The highest BCUT2D eigenvalue weighted by molar-refractivity contribution is 5.89. The van der Waals surface area contributed by atoms with E-state index >= 15 is 0 Å². The van der Waals surface area contributed by atoms with Gasteiger partial charge in [-0.3, -0.25) is 9.59 Å². The minimum Gasteiger partial charge on any atom is -0.384 e. The van der Waals surface area contributed by atoms with Crippen molar-refractivity contribution in [2.24, 2.45) is 5.92 Å². The fourth-order valence-corrected chi connectivity index (χ4v) is 4.63. The van der Waals surface area contributed by atoms with Crippen LogP contribution in [0.15, 0.2) is 48.5 Å². The van der Waals surface area contributed by atoms with Crippen LogP contribution in [0.5, 0.6) is 0 Å². The summed E-state index contributed by atoms with van der Waals surface area (Å²) >= 11 is 0. The molecular formula is C27H33N5O2. The second kappa shape index (κ2) is 10.2. The quantitative estimate of drug-likeness (QED) is 0.434. The molecule has 2 aromatic carbocycles. The molecule has 1 saturated heterocycles. The highest BCUT2D eigenvalue weighted by Gasteiger charge is 2.31. The molecule has 1 aromatic heterocycles. The maximum Gasteiger partial charge on any atom is 0.242 e. The maximum absolute atomic E-state index is 12.8. The molecule has 5 N–H and O–H groups in total. The van der Waals surface area contributed by atoms with Gasteiger partial charge in [-0.15, -0.1) is 0 Å². The molecular weight excluding hydrogens is 426 g/mol. The fourth-order valence-electron chi connectivity index (χ4n) is 4.63. The van der Waals surface area contributed by atoms with E-state index in [0.29, 0.717) is 18.3 Å². The number of carbonyl (C=O) groups is 2. The number of fused-ring (bicyclic) bond motifs is 1. The number of nitrogen functional groups attached to an aromatic ring is 1. The number of hydrogen-bond acceptors (Lipinski definition) is 5. The molecule has 34 heavy (non-hydrogen) atoms. The monoisotopic (exact) mass is 459 g/mol. The minimum atomic E-state index is -0.626. The first kappa shape index (κ1) is 23.7. The lowest BCUT2D eigenvalue weighted by Crippen LogP contribution is -2.50. The van der Waals surface area contributed by atoms with Gasteiger partial charge in [0.05, 0.1) is 6.04 Å². The van der Waals surface area contributed by atoms with Crippen LogP contribution in [0, 0.1) is 19.8 Å². The molecule has 0 aliphatic carbocycles. The van der Waals surface area contributed by atoms with Gasteiger partial charge in [0.2, 0.25) is 11.8 Å². The van der Waals surface area contributed by atoms with E-state index in [1.165, 1.54) is 21.9 Å². The number of nitrogens with zero attached hydrogens (tertiary/aromatic N) is 1. The second-order valence-electron chi connectivity index (χ2n) is 9.33. The molecule has 3 atom stereocenters. The van der Waals surface area contributed by atoms with Crippen LogP contribution in [0.25, 0.3) is 10.8 Å². The molecule has 0 bridgehead atoms. The first-order valence-electron chi connectivity index (χ1n) is 11.8. The van der Waals surface area contributed by atoms with Crippen molar-refractivity contribution in [1.29, 1.82) is 0 Å². The molecule has 178 valence electrons. The van der Waals surface area contributed by atoms with Crippen molar-refractivity contribution in [1.82, 2.24) is 20.9 Å². The molecule has 4 rings (SSSR count). The fraction of sp³-hybridized carbons (Fsp3) is 0.370. The Morgan fingerprint density at radius 3 is 2.79 bits per heavy atom. The zero-order valence-corrected chi connectivity index (χ0v) is 20.0. The van der Waals surface area contributed by atoms with Gasteiger partial charge in [-0.05, 0) is 79.6 Å². The standard InChI is InChI=1S/C27H33N5O2/c1-16-5-4-6-21-12-19(7-9-23(16)21)11-20-13-24(29-14-20)27(34)32-18(3)26(33)30-15-22-8-10-25(28)31-17(22)2/h4-10,12,18,20,24,29H,11,13-15H2,1-3H3,(H2,28,31)(H,30,33)(H,32,34)/t18?,20-,24+/m0/s1. The predicted molar refractivity (Wildman–Crippen MR) is 135 cm³/mol. The summed E-state index contributed by atoms with van der Waals surface area (Å²) in [7, 11) is 0. The van der Waals surface area contributed by atoms with Gasteiger partial charge in [-0.1, -0.05) is 42.5 Å². The molecule has 0 spiro atoms. The predicted octanol–water partition coefficient (Wildman–Crippen LogP) is 2.78. The van der Waals surface area contributed by atoms with Gasteiger partial charge < -0.3 is 21.7 Å².